The zero-order valence-electron chi connectivity index (χ0n) is 9.78. The first-order valence-electron chi connectivity index (χ1n) is 6.40. The Hall–Kier alpha value is -1.06. The molecule has 2 amide bonds. The quantitative estimate of drug-likeness (QED) is 0.680. The molecule has 0 N–H and O–H groups in total. The normalized spacial score (nSPS) is 24.2. The van der Waals surface area contributed by atoms with E-state index in [0.29, 0.717) is 12.8 Å². The van der Waals surface area contributed by atoms with Gasteiger partial charge in [0.2, 0.25) is 11.8 Å². The van der Waals surface area contributed by atoms with Gasteiger partial charge in [-0.3, -0.25) is 19.6 Å². The first-order valence-corrected chi connectivity index (χ1v) is 6.40. The van der Waals surface area contributed by atoms with E-state index in [1.54, 1.807) is 10.0 Å². The van der Waals surface area contributed by atoms with Crippen molar-refractivity contribution in [2.75, 3.05) is 13.1 Å². The molecule has 0 atom stereocenters. The summed E-state index contributed by atoms with van der Waals surface area (Å²) >= 11 is 0. The van der Waals surface area contributed by atoms with Crippen LogP contribution in [0.5, 0.6) is 0 Å². The molecular formula is C12H20N2O2. The van der Waals surface area contributed by atoms with Crippen LogP contribution in [0.15, 0.2) is 0 Å². The standard InChI is InChI=1S/C12H20N2O2/c15-11-7-3-1-5-9-13(11)14-10-6-2-4-8-12(14)16/h1-10H2. The lowest BCUT2D eigenvalue weighted by molar-refractivity contribution is -0.162. The Balaban J connectivity index is 2.07. The molecule has 2 rings (SSSR count). The number of hydrogen-bond donors (Lipinski definition) is 0. The molecule has 2 heterocycles. The highest BCUT2D eigenvalue weighted by molar-refractivity contribution is 5.82. The number of carbonyl (C=O) groups is 2. The largest absolute Gasteiger partial charge is 0.273 e. The van der Waals surface area contributed by atoms with Crippen molar-refractivity contribution >= 4 is 11.8 Å². The maximum atomic E-state index is 11.9. The van der Waals surface area contributed by atoms with Gasteiger partial charge in [0.15, 0.2) is 0 Å². The molecule has 4 heteroatoms. The van der Waals surface area contributed by atoms with Crippen LogP contribution in [0.4, 0.5) is 0 Å². The zero-order valence-corrected chi connectivity index (χ0v) is 9.78. The Morgan fingerprint density at radius 1 is 0.625 bits per heavy atom. The minimum absolute atomic E-state index is 0.132. The van der Waals surface area contributed by atoms with Gasteiger partial charge in [-0.25, -0.2) is 0 Å². The summed E-state index contributed by atoms with van der Waals surface area (Å²) in [4.78, 5) is 23.8. The van der Waals surface area contributed by atoms with Gasteiger partial charge in [0.25, 0.3) is 0 Å². The van der Waals surface area contributed by atoms with Gasteiger partial charge >= 0.3 is 0 Å². The maximum absolute atomic E-state index is 11.9. The third kappa shape index (κ3) is 2.54. The Bertz CT molecular complexity index is 250. The Kier molecular flexibility index (Phi) is 3.80. The van der Waals surface area contributed by atoms with Gasteiger partial charge in [-0.05, 0) is 25.7 Å². The van der Waals surface area contributed by atoms with Crippen molar-refractivity contribution in [2.24, 2.45) is 0 Å². The molecule has 2 fully saturated rings. The van der Waals surface area contributed by atoms with Crippen LogP contribution >= 0.6 is 0 Å². The van der Waals surface area contributed by atoms with Crippen LogP contribution in [0, 0.1) is 0 Å². The van der Waals surface area contributed by atoms with E-state index in [1.807, 2.05) is 0 Å². The summed E-state index contributed by atoms with van der Waals surface area (Å²) in [6, 6.07) is 0. The fraction of sp³-hybridized carbons (Fsp3) is 0.833. The van der Waals surface area contributed by atoms with E-state index in [0.717, 1.165) is 51.6 Å². The smallest absolute Gasteiger partial charge is 0.241 e. The predicted molar refractivity (Wildman–Crippen MR) is 60.4 cm³/mol. The summed E-state index contributed by atoms with van der Waals surface area (Å²) in [5, 5.41) is 3.42. The second kappa shape index (κ2) is 5.32. The molecule has 0 saturated carbocycles. The second-order valence-corrected chi connectivity index (χ2v) is 4.66. The summed E-state index contributed by atoms with van der Waals surface area (Å²) in [6.07, 6.45) is 7.39. The van der Waals surface area contributed by atoms with Crippen LogP contribution in [0.1, 0.15) is 51.4 Å². The topological polar surface area (TPSA) is 40.6 Å². The van der Waals surface area contributed by atoms with Crippen molar-refractivity contribution in [3.8, 4) is 0 Å². The first-order chi connectivity index (χ1) is 7.79. The zero-order chi connectivity index (χ0) is 11.4. The fourth-order valence-electron chi connectivity index (χ4n) is 2.45. The van der Waals surface area contributed by atoms with E-state index in [1.165, 1.54) is 0 Å². The molecule has 0 radical (unpaired) electrons. The molecule has 2 aliphatic rings. The van der Waals surface area contributed by atoms with Crippen LogP contribution in [-0.2, 0) is 9.59 Å². The van der Waals surface area contributed by atoms with E-state index >= 15 is 0 Å². The van der Waals surface area contributed by atoms with Crippen LogP contribution in [0.3, 0.4) is 0 Å². The van der Waals surface area contributed by atoms with Crippen molar-refractivity contribution < 1.29 is 9.59 Å². The van der Waals surface area contributed by atoms with Gasteiger partial charge in [0.05, 0.1) is 0 Å². The average molecular weight is 224 g/mol. The van der Waals surface area contributed by atoms with E-state index in [-0.39, 0.29) is 11.8 Å². The van der Waals surface area contributed by atoms with E-state index in [9.17, 15) is 9.59 Å². The Labute approximate surface area is 96.6 Å². The number of hydrogen-bond acceptors (Lipinski definition) is 2. The minimum Gasteiger partial charge on any atom is -0.273 e. The average Bonchev–Trinajstić information content (AvgIpc) is 2.59. The lowest BCUT2D eigenvalue weighted by Gasteiger charge is -2.33. The lowest BCUT2D eigenvalue weighted by Crippen LogP contribution is -2.49. The molecule has 0 aromatic carbocycles. The lowest BCUT2D eigenvalue weighted by atomic mass is 10.2. The molecule has 0 unspecified atom stereocenters. The molecule has 0 aromatic heterocycles. The van der Waals surface area contributed by atoms with E-state index in [4.69, 9.17) is 0 Å². The molecular weight excluding hydrogens is 204 g/mol. The molecule has 0 aromatic rings. The molecule has 90 valence electrons. The van der Waals surface area contributed by atoms with Crippen molar-refractivity contribution in [1.82, 2.24) is 10.0 Å². The summed E-state index contributed by atoms with van der Waals surface area (Å²) in [5.74, 6) is 0.264. The summed E-state index contributed by atoms with van der Waals surface area (Å²) < 4.78 is 0. The van der Waals surface area contributed by atoms with Crippen LogP contribution in [-0.4, -0.2) is 34.9 Å². The monoisotopic (exact) mass is 224 g/mol. The van der Waals surface area contributed by atoms with Gasteiger partial charge in [0.1, 0.15) is 0 Å². The van der Waals surface area contributed by atoms with Gasteiger partial charge < -0.3 is 0 Å². The summed E-state index contributed by atoms with van der Waals surface area (Å²) in [7, 11) is 0. The molecule has 0 aliphatic carbocycles. The second-order valence-electron chi connectivity index (χ2n) is 4.66. The molecule has 4 nitrogen and oxygen atoms in total. The molecule has 0 spiro atoms. The van der Waals surface area contributed by atoms with Crippen molar-refractivity contribution in [3.63, 3.8) is 0 Å². The highest BCUT2D eigenvalue weighted by atomic mass is 16.2. The van der Waals surface area contributed by atoms with Gasteiger partial charge in [0, 0.05) is 25.9 Å². The van der Waals surface area contributed by atoms with Gasteiger partial charge in [-0.15, -0.1) is 0 Å². The minimum atomic E-state index is 0.132. The molecule has 0 bridgehead atoms. The van der Waals surface area contributed by atoms with Crippen molar-refractivity contribution in [1.29, 1.82) is 0 Å². The van der Waals surface area contributed by atoms with Crippen LogP contribution in [0.2, 0.25) is 0 Å². The summed E-state index contributed by atoms with van der Waals surface area (Å²) in [5.41, 5.74) is 0. The van der Waals surface area contributed by atoms with Crippen LogP contribution in [0.25, 0.3) is 0 Å². The first kappa shape index (κ1) is 11.4. The Morgan fingerprint density at radius 2 is 1.06 bits per heavy atom. The summed E-state index contributed by atoms with van der Waals surface area (Å²) in [6.45, 7) is 1.45. The SMILES string of the molecule is O=C1CCCCCN1N1CCCCCC1=O. The Morgan fingerprint density at radius 3 is 1.50 bits per heavy atom. The molecule has 16 heavy (non-hydrogen) atoms. The third-order valence-corrected chi connectivity index (χ3v) is 3.39. The fourth-order valence-corrected chi connectivity index (χ4v) is 2.45. The predicted octanol–water partition coefficient (Wildman–Crippen LogP) is 1.71. The molecule has 2 saturated heterocycles. The number of hydrazine groups is 1. The van der Waals surface area contributed by atoms with Crippen molar-refractivity contribution in [2.45, 2.75) is 51.4 Å². The number of amides is 2. The van der Waals surface area contributed by atoms with Crippen molar-refractivity contribution in [3.05, 3.63) is 0 Å². The maximum Gasteiger partial charge on any atom is 0.241 e. The van der Waals surface area contributed by atoms with E-state index in [2.05, 4.69) is 0 Å². The van der Waals surface area contributed by atoms with Gasteiger partial charge in [-0.1, -0.05) is 12.8 Å². The molecule has 2 aliphatic heterocycles. The third-order valence-electron chi connectivity index (χ3n) is 3.39. The number of nitrogens with zero attached hydrogens (tertiary/aromatic N) is 2. The van der Waals surface area contributed by atoms with Crippen LogP contribution < -0.4 is 0 Å². The number of rotatable bonds is 1. The van der Waals surface area contributed by atoms with Gasteiger partial charge in [-0.2, -0.15) is 0 Å². The van der Waals surface area contributed by atoms with E-state index < -0.39 is 0 Å². The highest BCUT2D eigenvalue weighted by Crippen LogP contribution is 2.18. The highest BCUT2D eigenvalue weighted by Gasteiger charge is 2.27. The number of carbonyl (C=O) groups excluding carboxylic acids is 2.